The van der Waals surface area contributed by atoms with Gasteiger partial charge in [-0.05, 0) is 29.8 Å². The third kappa shape index (κ3) is 9.42. The second-order valence-electron chi connectivity index (χ2n) is 7.72. The van der Waals surface area contributed by atoms with Crippen LogP contribution in [-0.4, -0.2) is 55.1 Å². The van der Waals surface area contributed by atoms with Gasteiger partial charge < -0.3 is 36.0 Å². The number of aromatic nitrogens is 2. The molecule has 0 saturated heterocycles. The van der Waals surface area contributed by atoms with E-state index in [0.29, 0.717) is 6.20 Å². The van der Waals surface area contributed by atoms with E-state index in [-0.39, 0.29) is 28.5 Å². The van der Waals surface area contributed by atoms with Crippen LogP contribution in [0.4, 0.5) is 49.5 Å². The number of aliphatic hydroxyl groups excluding tert-OH is 1. The first kappa shape index (κ1) is 33.0. The Bertz CT molecular complexity index is 1430. The summed E-state index contributed by atoms with van der Waals surface area (Å²) in [4.78, 5) is 46.7. The van der Waals surface area contributed by atoms with Crippen molar-refractivity contribution in [1.82, 2.24) is 15.3 Å². The Morgan fingerprint density at radius 3 is 2.00 bits per heavy atom. The average Bonchev–Trinajstić information content (AvgIpc) is 2.87. The van der Waals surface area contributed by atoms with Crippen molar-refractivity contribution in [2.45, 2.75) is 18.2 Å². The van der Waals surface area contributed by atoms with E-state index in [9.17, 15) is 40.8 Å². The number of hydrogen-bond donors (Lipinski definition) is 7. The maximum Gasteiger partial charge on any atom is 0.490 e. The zero-order chi connectivity index (χ0) is 31.2. The molecule has 1 atom stereocenters. The molecule has 0 radical (unpaired) electrons. The molecule has 1 aromatic heterocycles. The second kappa shape index (κ2) is 12.9. The number of aliphatic carboxylic acids is 1. The lowest BCUT2D eigenvalue weighted by Crippen LogP contribution is -2.21. The van der Waals surface area contributed by atoms with Crippen LogP contribution in [0.15, 0.2) is 54.7 Å². The van der Waals surface area contributed by atoms with Crippen LogP contribution in [0, 0.1) is 0 Å². The number of carbonyl (C=O) groups is 2. The molecule has 19 heteroatoms. The van der Waals surface area contributed by atoms with Gasteiger partial charge in [-0.2, -0.15) is 31.3 Å². The van der Waals surface area contributed by atoms with Crippen LogP contribution in [-0.2, 0) is 15.5 Å². The van der Waals surface area contributed by atoms with E-state index >= 15 is 0 Å². The summed E-state index contributed by atoms with van der Waals surface area (Å²) >= 11 is 0. The quantitative estimate of drug-likeness (QED) is 0.150. The van der Waals surface area contributed by atoms with Crippen molar-refractivity contribution in [3.05, 3.63) is 71.4 Å². The Morgan fingerprint density at radius 1 is 0.951 bits per heavy atom. The summed E-state index contributed by atoms with van der Waals surface area (Å²) in [6.07, 6.45) is -9.30. The van der Waals surface area contributed by atoms with Gasteiger partial charge in [-0.25, -0.2) is 9.78 Å². The molecule has 2 aromatic carbocycles. The summed E-state index contributed by atoms with van der Waals surface area (Å²) in [7, 11) is -3.38. The number of halogens is 6. The van der Waals surface area contributed by atoms with Crippen molar-refractivity contribution in [3.63, 3.8) is 0 Å². The number of rotatable bonds is 7. The summed E-state index contributed by atoms with van der Waals surface area (Å²) in [5.74, 6) is -6.11. The molecular formula is C22H20F6N5O7P. The van der Waals surface area contributed by atoms with Crippen molar-refractivity contribution in [2.24, 2.45) is 0 Å². The zero-order valence-corrected chi connectivity index (χ0v) is 21.3. The fourth-order valence-corrected chi connectivity index (χ4v) is 3.42. The standard InChI is InChI=1S/C20H19F3N5O5P.C2HF3O2/c1-24-17(29)13-4-2-3-5-15(13)27-16-14(20(21,22)23)10-25-19(28-16)26-12-8-6-11(7-9-12)18(30)34(31,32)33;3-2(4,5)1(6)7/h2-10,18,30H,1H3,(H,24,29)(H2,31,32,33)(H2,25,26,27,28);(H,6,7). The molecule has 1 unspecified atom stereocenters. The Labute approximate surface area is 226 Å². The number of aliphatic hydroxyl groups is 1. The number of nitrogens with zero attached hydrogens (tertiary/aromatic N) is 2. The van der Waals surface area contributed by atoms with Crippen molar-refractivity contribution < 1.29 is 60.5 Å². The first-order valence-corrected chi connectivity index (χ1v) is 12.5. The highest BCUT2D eigenvalue weighted by Crippen LogP contribution is 2.49. The fraction of sp³-hybridized carbons (Fsp3) is 0.182. The number of nitrogens with one attached hydrogen (secondary N) is 3. The Balaban J connectivity index is 0.000000745. The van der Waals surface area contributed by atoms with Crippen LogP contribution < -0.4 is 16.0 Å². The van der Waals surface area contributed by atoms with Crippen LogP contribution in [0.2, 0.25) is 0 Å². The number of para-hydroxylation sites is 1. The number of amides is 1. The maximum absolute atomic E-state index is 13.5. The summed E-state index contributed by atoms with van der Waals surface area (Å²) in [5.41, 5.74) is -0.749. The Kier molecular flexibility index (Phi) is 10.4. The molecule has 1 heterocycles. The minimum Gasteiger partial charge on any atom is -0.475 e. The second-order valence-corrected chi connectivity index (χ2v) is 9.38. The van der Waals surface area contributed by atoms with Gasteiger partial charge in [-0.15, -0.1) is 0 Å². The molecule has 0 aliphatic carbocycles. The molecule has 0 aliphatic heterocycles. The van der Waals surface area contributed by atoms with Gasteiger partial charge in [-0.3, -0.25) is 9.36 Å². The van der Waals surface area contributed by atoms with Gasteiger partial charge in [0.15, 0.2) is 5.85 Å². The topological polar surface area (TPSA) is 194 Å². The van der Waals surface area contributed by atoms with E-state index in [0.717, 1.165) is 0 Å². The summed E-state index contributed by atoms with van der Waals surface area (Å²) in [6, 6.07) is 11.1. The third-order valence-electron chi connectivity index (χ3n) is 4.77. The first-order valence-electron chi connectivity index (χ1n) is 10.8. The first-order chi connectivity index (χ1) is 18.8. The van der Waals surface area contributed by atoms with Crippen LogP contribution in [0.25, 0.3) is 0 Å². The van der Waals surface area contributed by atoms with E-state index in [1.165, 1.54) is 49.5 Å². The average molecular weight is 611 g/mol. The predicted molar refractivity (Wildman–Crippen MR) is 131 cm³/mol. The molecule has 1 amide bonds. The van der Waals surface area contributed by atoms with E-state index in [1.807, 2.05) is 0 Å². The van der Waals surface area contributed by atoms with E-state index < -0.39 is 49.1 Å². The lowest BCUT2D eigenvalue weighted by Gasteiger charge is -2.17. The fourth-order valence-electron chi connectivity index (χ4n) is 2.86. The monoisotopic (exact) mass is 611 g/mol. The minimum absolute atomic E-state index is 0.0552. The van der Waals surface area contributed by atoms with Crippen molar-refractivity contribution in [1.29, 1.82) is 0 Å². The molecule has 3 aromatic rings. The van der Waals surface area contributed by atoms with Crippen LogP contribution in [0.1, 0.15) is 27.3 Å². The number of anilines is 4. The van der Waals surface area contributed by atoms with Gasteiger partial charge in [0.05, 0.1) is 11.3 Å². The highest BCUT2D eigenvalue weighted by atomic mass is 31.2. The Morgan fingerprint density at radius 2 is 1.51 bits per heavy atom. The van der Waals surface area contributed by atoms with Gasteiger partial charge in [0.1, 0.15) is 11.4 Å². The molecule has 7 N–H and O–H groups in total. The van der Waals surface area contributed by atoms with Gasteiger partial charge in [0, 0.05) is 18.9 Å². The van der Waals surface area contributed by atoms with Gasteiger partial charge >= 0.3 is 25.9 Å². The van der Waals surface area contributed by atoms with Gasteiger partial charge in [0.25, 0.3) is 5.91 Å². The van der Waals surface area contributed by atoms with Crippen molar-refractivity contribution in [3.8, 4) is 0 Å². The van der Waals surface area contributed by atoms with E-state index in [2.05, 4.69) is 25.9 Å². The normalized spacial score (nSPS) is 12.4. The number of alkyl halides is 6. The highest BCUT2D eigenvalue weighted by molar-refractivity contribution is 7.51. The number of carboxylic acid groups (broad SMARTS) is 1. The number of carboxylic acids is 1. The van der Waals surface area contributed by atoms with E-state index in [4.69, 9.17) is 19.7 Å². The molecule has 41 heavy (non-hydrogen) atoms. The SMILES string of the molecule is CNC(=O)c1ccccc1Nc1nc(Nc2ccc(C(O)P(=O)(O)O)cc2)ncc1C(F)(F)F.O=C(O)C(F)(F)F. The molecule has 12 nitrogen and oxygen atoms in total. The molecule has 222 valence electrons. The van der Waals surface area contributed by atoms with Crippen molar-refractivity contribution >= 4 is 42.6 Å². The Hall–Kier alpha value is -4.25. The van der Waals surface area contributed by atoms with Crippen LogP contribution in [0.3, 0.4) is 0 Å². The summed E-state index contributed by atoms with van der Waals surface area (Å²) in [6.45, 7) is 0. The van der Waals surface area contributed by atoms with Gasteiger partial charge in [-0.1, -0.05) is 24.3 Å². The van der Waals surface area contributed by atoms with E-state index in [1.54, 1.807) is 6.07 Å². The minimum atomic E-state index is -5.08. The lowest BCUT2D eigenvalue weighted by molar-refractivity contribution is -0.192. The molecule has 0 aliphatic rings. The van der Waals surface area contributed by atoms with Crippen molar-refractivity contribution in [2.75, 3.05) is 17.7 Å². The molecular weight excluding hydrogens is 591 g/mol. The van der Waals surface area contributed by atoms with Gasteiger partial charge in [0.2, 0.25) is 5.95 Å². The molecule has 0 bridgehead atoms. The number of benzene rings is 2. The third-order valence-corrected chi connectivity index (χ3v) is 5.71. The smallest absolute Gasteiger partial charge is 0.475 e. The van der Waals surface area contributed by atoms with Crippen LogP contribution in [0.5, 0.6) is 0 Å². The lowest BCUT2D eigenvalue weighted by atomic mass is 10.1. The molecule has 0 spiro atoms. The maximum atomic E-state index is 13.5. The highest BCUT2D eigenvalue weighted by Gasteiger charge is 2.38. The number of hydrogen-bond acceptors (Lipinski definition) is 8. The summed E-state index contributed by atoms with van der Waals surface area (Å²) < 4.78 is 83.5. The summed E-state index contributed by atoms with van der Waals surface area (Å²) in [5, 5.41) is 24.4. The zero-order valence-electron chi connectivity index (χ0n) is 20.4. The molecule has 3 rings (SSSR count). The van der Waals surface area contributed by atoms with Crippen LogP contribution >= 0.6 is 7.60 Å². The number of carbonyl (C=O) groups excluding carboxylic acids is 1. The molecule has 0 saturated carbocycles. The largest absolute Gasteiger partial charge is 0.490 e. The predicted octanol–water partition coefficient (Wildman–Crippen LogP) is 4.14. The molecule has 0 fully saturated rings.